The second-order valence-electron chi connectivity index (χ2n) is 1.72. The van der Waals surface area contributed by atoms with Gasteiger partial charge in [0.25, 0.3) is 10.5 Å². The van der Waals surface area contributed by atoms with Gasteiger partial charge < -0.3 is 9.63 Å². The van der Waals surface area contributed by atoms with E-state index in [0.717, 1.165) is 0 Å². The van der Waals surface area contributed by atoms with Gasteiger partial charge in [0.05, 0.1) is 0 Å². The third-order valence-corrected chi connectivity index (χ3v) is 1.17. The summed E-state index contributed by atoms with van der Waals surface area (Å²) in [5, 5.41) is 9.08. The first-order chi connectivity index (χ1) is 4.84. The van der Waals surface area contributed by atoms with Gasteiger partial charge in [-0.1, -0.05) is 12.1 Å². The molecule has 0 atom stereocenters. The molecule has 0 aliphatic rings. The number of phenols is 1. The molecular formula is C6H6NO2Si. The van der Waals surface area contributed by atoms with Crippen molar-refractivity contribution >= 4 is 16.2 Å². The fraction of sp³-hybridized carbons (Fsp3) is 0. The lowest BCUT2D eigenvalue weighted by Gasteiger charge is -2.03. The third kappa shape index (κ3) is 1.49. The predicted octanol–water partition coefficient (Wildman–Crippen LogP) is 0.819. The molecule has 0 aliphatic carbocycles. The zero-order valence-corrected chi connectivity index (χ0v) is 6.16. The van der Waals surface area contributed by atoms with Gasteiger partial charge in [-0.25, -0.2) is 0 Å². The Morgan fingerprint density at radius 2 is 2.10 bits per heavy atom. The van der Waals surface area contributed by atoms with Crippen LogP contribution in [0.2, 0.25) is 0 Å². The average Bonchev–Trinajstić information content (AvgIpc) is 1.94. The van der Waals surface area contributed by atoms with Gasteiger partial charge in [-0.3, -0.25) is 5.48 Å². The Labute approximate surface area is 62.1 Å². The summed E-state index contributed by atoms with van der Waals surface area (Å²) < 4.78 is 4.40. The molecule has 0 aromatic heterocycles. The molecule has 2 N–H and O–H groups in total. The molecule has 0 fully saturated rings. The summed E-state index contributed by atoms with van der Waals surface area (Å²) in [7, 11) is 2.74. The van der Waals surface area contributed by atoms with Crippen LogP contribution in [-0.4, -0.2) is 15.6 Å². The van der Waals surface area contributed by atoms with Crippen LogP contribution in [0.4, 0.5) is 5.69 Å². The minimum Gasteiger partial charge on any atom is -0.506 e. The van der Waals surface area contributed by atoms with Crippen LogP contribution in [0.3, 0.4) is 0 Å². The van der Waals surface area contributed by atoms with Crippen molar-refractivity contribution in [2.24, 2.45) is 0 Å². The van der Waals surface area contributed by atoms with Crippen molar-refractivity contribution in [2.45, 2.75) is 0 Å². The fourth-order valence-electron chi connectivity index (χ4n) is 0.615. The topological polar surface area (TPSA) is 41.5 Å². The van der Waals surface area contributed by atoms with Gasteiger partial charge in [0.15, 0.2) is 0 Å². The van der Waals surface area contributed by atoms with E-state index in [9.17, 15) is 0 Å². The Kier molecular flexibility index (Phi) is 2.30. The van der Waals surface area contributed by atoms with Gasteiger partial charge in [0.1, 0.15) is 11.4 Å². The van der Waals surface area contributed by atoms with Crippen LogP contribution in [0.5, 0.6) is 5.75 Å². The fourth-order valence-corrected chi connectivity index (χ4v) is 0.725. The van der Waals surface area contributed by atoms with Crippen LogP contribution in [-0.2, 0) is 4.53 Å². The smallest absolute Gasteiger partial charge is 0.291 e. The van der Waals surface area contributed by atoms with Crippen LogP contribution in [0, 0.1) is 0 Å². The molecule has 1 rings (SSSR count). The molecule has 10 heavy (non-hydrogen) atoms. The van der Waals surface area contributed by atoms with Gasteiger partial charge in [-0.15, -0.1) is 0 Å². The molecule has 4 heteroatoms. The number of phenolic OH excluding ortho intramolecular Hbond substituents is 1. The Bertz CT molecular complexity index is 217. The van der Waals surface area contributed by atoms with Crippen molar-refractivity contribution in [3.05, 3.63) is 24.3 Å². The Hall–Kier alpha value is -1.00. The molecule has 3 radical (unpaired) electrons. The van der Waals surface area contributed by atoms with Crippen LogP contribution in [0.25, 0.3) is 0 Å². The summed E-state index contributed by atoms with van der Waals surface area (Å²) in [5.74, 6) is 0.153. The average molecular weight is 152 g/mol. The maximum Gasteiger partial charge on any atom is 0.291 e. The van der Waals surface area contributed by atoms with Crippen LogP contribution in [0.15, 0.2) is 24.3 Å². The lowest BCUT2D eigenvalue weighted by Crippen LogP contribution is -1.96. The zero-order valence-electron chi connectivity index (χ0n) is 5.16. The van der Waals surface area contributed by atoms with E-state index in [4.69, 9.17) is 5.11 Å². The highest BCUT2D eigenvalue weighted by Gasteiger charge is 1.94. The van der Waals surface area contributed by atoms with Gasteiger partial charge in [0.2, 0.25) is 0 Å². The maximum absolute atomic E-state index is 9.08. The van der Waals surface area contributed by atoms with Gasteiger partial charge in [-0.2, -0.15) is 0 Å². The van der Waals surface area contributed by atoms with E-state index in [-0.39, 0.29) is 5.75 Å². The minimum absolute atomic E-state index is 0.153. The third-order valence-electron chi connectivity index (χ3n) is 1.07. The normalized spacial score (nSPS) is 9.30. The van der Waals surface area contributed by atoms with Gasteiger partial charge in [0, 0.05) is 0 Å². The highest BCUT2D eigenvalue weighted by atomic mass is 28.2. The second kappa shape index (κ2) is 3.24. The largest absolute Gasteiger partial charge is 0.506 e. The molecule has 1 aromatic carbocycles. The van der Waals surface area contributed by atoms with Crippen molar-refractivity contribution in [3.63, 3.8) is 0 Å². The highest BCUT2D eigenvalue weighted by Crippen LogP contribution is 2.20. The quantitative estimate of drug-likeness (QED) is 0.374. The van der Waals surface area contributed by atoms with Crippen LogP contribution >= 0.6 is 0 Å². The number of nitrogens with one attached hydrogen (secondary N) is 1. The number of anilines is 1. The van der Waals surface area contributed by atoms with Crippen molar-refractivity contribution < 1.29 is 9.63 Å². The summed E-state index contributed by atoms with van der Waals surface area (Å²) >= 11 is 0. The standard InChI is InChI=1S/C6H6NO2Si/c8-6-4-2-1-3-5(6)7-9-10/h1-4,7-8H. The lowest BCUT2D eigenvalue weighted by molar-refractivity contribution is 0.430. The monoisotopic (exact) mass is 152 g/mol. The zero-order chi connectivity index (χ0) is 7.40. The lowest BCUT2D eigenvalue weighted by atomic mass is 10.3. The van der Waals surface area contributed by atoms with Crippen molar-refractivity contribution in [1.29, 1.82) is 0 Å². The second-order valence-corrected chi connectivity index (χ2v) is 1.93. The van der Waals surface area contributed by atoms with Gasteiger partial charge in [-0.05, 0) is 12.1 Å². The number of hydrogen-bond acceptors (Lipinski definition) is 3. The highest BCUT2D eigenvalue weighted by molar-refractivity contribution is 5.98. The maximum atomic E-state index is 9.08. The number of hydrogen-bond donors (Lipinski definition) is 2. The van der Waals surface area contributed by atoms with E-state index in [1.807, 2.05) is 0 Å². The van der Waals surface area contributed by atoms with E-state index in [2.05, 4.69) is 20.5 Å². The Morgan fingerprint density at radius 1 is 1.40 bits per heavy atom. The Balaban J connectivity index is 2.81. The molecule has 0 bridgehead atoms. The number of rotatable bonds is 2. The summed E-state index contributed by atoms with van der Waals surface area (Å²) in [6.07, 6.45) is 0. The van der Waals surface area contributed by atoms with Crippen molar-refractivity contribution in [1.82, 2.24) is 0 Å². The Morgan fingerprint density at radius 3 is 2.70 bits per heavy atom. The van der Waals surface area contributed by atoms with E-state index in [0.29, 0.717) is 5.69 Å². The summed E-state index contributed by atoms with van der Waals surface area (Å²) in [6.45, 7) is 0. The van der Waals surface area contributed by atoms with Crippen LogP contribution < -0.4 is 5.48 Å². The predicted molar refractivity (Wildman–Crippen MR) is 38.6 cm³/mol. The minimum atomic E-state index is 0.153. The summed E-state index contributed by atoms with van der Waals surface area (Å²) in [5.41, 5.74) is 2.96. The summed E-state index contributed by atoms with van der Waals surface area (Å²) in [4.78, 5) is 0. The molecule has 0 spiro atoms. The summed E-state index contributed by atoms with van der Waals surface area (Å²) in [6, 6.07) is 6.77. The van der Waals surface area contributed by atoms with Crippen molar-refractivity contribution in [2.75, 3.05) is 5.48 Å². The first-order valence-electron chi connectivity index (χ1n) is 2.71. The van der Waals surface area contributed by atoms with E-state index in [1.165, 1.54) is 0 Å². The van der Waals surface area contributed by atoms with E-state index >= 15 is 0 Å². The molecule has 0 saturated heterocycles. The van der Waals surface area contributed by atoms with Crippen molar-refractivity contribution in [3.8, 4) is 5.75 Å². The molecule has 0 saturated carbocycles. The molecule has 0 amide bonds. The van der Waals surface area contributed by atoms with E-state index < -0.39 is 0 Å². The molecule has 0 aliphatic heterocycles. The number of aromatic hydroxyl groups is 1. The number of para-hydroxylation sites is 2. The number of benzene rings is 1. The van der Waals surface area contributed by atoms with Gasteiger partial charge >= 0.3 is 0 Å². The molecule has 1 aromatic rings. The molecule has 51 valence electrons. The molecule has 3 nitrogen and oxygen atoms in total. The molecule has 0 unspecified atom stereocenters. The SMILES string of the molecule is Oc1ccccc1NO[Si]. The van der Waals surface area contributed by atoms with E-state index in [1.54, 1.807) is 24.3 Å². The molecular weight excluding hydrogens is 146 g/mol. The molecule has 0 heterocycles. The first-order valence-corrected chi connectivity index (χ1v) is 3.12. The van der Waals surface area contributed by atoms with Crippen LogP contribution in [0.1, 0.15) is 0 Å². The first kappa shape index (κ1) is 7.11.